The highest BCUT2D eigenvalue weighted by Gasteiger charge is 2.40. The molecule has 2 aromatic heterocycles. The highest BCUT2D eigenvalue weighted by Crippen LogP contribution is 2.24. The van der Waals surface area contributed by atoms with Crippen LogP contribution >= 0.6 is 11.6 Å². The summed E-state index contributed by atoms with van der Waals surface area (Å²) in [7, 11) is 0. The Morgan fingerprint density at radius 2 is 1.91 bits per heavy atom. The molecule has 1 aliphatic heterocycles. The lowest BCUT2D eigenvalue weighted by molar-refractivity contribution is 0.0158. The molecular formula is C22H20ClN7O2. The van der Waals surface area contributed by atoms with Crippen molar-refractivity contribution in [1.29, 1.82) is 5.26 Å². The molecule has 3 aromatic rings. The molecule has 0 aliphatic carbocycles. The zero-order valence-electron chi connectivity index (χ0n) is 17.6. The van der Waals surface area contributed by atoms with Gasteiger partial charge in [-0.3, -0.25) is 9.59 Å². The number of aromatic nitrogens is 4. The first-order valence-corrected chi connectivity index (χ1v) is 10.3. The van der Waals surface area contributed by atoms with Crippen molar-refractivity contribution in [3.63, 3.8) is 0 Å². The fourth-order valence-corrected chi connectivity index (χ4v) is 3.89. The second-order valence-corrected chi connectivity index (χ2v) is 8.44. The largest absolute Gasteiger partial charge is 0.333 e. The van der Waals surface area contributed by atoms with Crippen LogP contribution in [0.1, 0.15) is 40.6 Å². The van der Waals surface area contributed by atoms with Crippen LogP contribution < -0.4 is 0 Å². The molecule has 1 aliphatic rings. The molecule has 0 spiro atoms. The van der Waals surface area contributed by atoms with Gasteiger partial charge in [-0.2, -0.15) is 5.26 Å². The minimum absolute atomic E-state index is 0.0706. The van der Waals surface area contributed by atoms with E-state index in [1.807, 2.05) is 26.0 Å². The zero-order chi connectivity index (χ0) is 22.9. The van der Waals surface area contributed by atoms with Crippen molar-refractivity contribution in [2.24, 2.45) is 0 Å². The van der Waals surface area contributed by atoms with Crippen molar-refractivity contribution < 1.29 is 9.59 Å². The summed E-state index contributed by atoms with van der Waals surface area (Å²) in [5, 5.41) is 13.9. The number of pyridine rings is 1. The van der Waals surface area contributed by atoms with Gasteiger partial charge in [-0.1, -0.05) is 23.7 Å². The monoisotopic (exact) mass is 449 g/mol. The Kier molecular flexibility index (Phi) is 5.63. The Morgan fingerprint density at radius 3 is 2.62 bits per heavy atom. The summed E-state index contributed by atoms with van der Waals surface area (Å²) in [4.78, 5) is 37.7. The average Bonchev–Trinajstić information content (AvgIpc) is 3.28. The lowest BCUT2D eigenvalue weighted by Gasteiger charge is -2.46. The molecule has 0 unspecified atom stereocenters. The van der Waals surface area contributed by atoms with Crippen LogP contribution in [0.2, 0.25) is 5.02 Å². The fourth-order valence-electron chi connectivity index (χ4n) is 3.71. The number of hydrogen-bond acceptors (Lipinski definition) is 6. The van der Waals surface area contributed by atoms with Gasteiger partial charge in [0, 0.05) is 24.7 Å². The Morgan fingerprint density at radius 1 is 1.12 bits per heavy atom. The van der Waals surface area contributed by atoms with Gasteiger partial charge in [0.2, 0.25) is 5.82 Å². The third-order valence-corrected chi connectivity index (χ3v) is 5.51. The summed E-state index contributed by atoms with van der Waals surface area (Å²) in [6.45, 7) is 4.74. The van der Waals surface area contributed by atoms with Gasteiger partial charge in [0.15, 0.2) is 0 Å². The van der Waals surface area contributed by atoms with Gasteiger partial charge in [0.1, 0.15) is 23.8 Å². The van der Waals surface area contributed by atoms with Gasteiger partial charge in [-0.15, -0.1) is 5.10 Å². The normalized spacial score (nSPS) is 15.3. The van der Waals surface area contributed by atoms with Crippen LogP contribution in [0.5, 0.6) is 0 Å². The molecule has 0 saturated carbocycles. The number of halogens is 1. The molecular weight excluding hydrogens is 430 g/mol. The lowest BCUT2D eigenvalue weighted by atomic mass is 9.98. The van der Waals surface area contributed by atoms with E-state index in [-0.39, 0.29) is 29.0 Å². The second-order valence-electron chi connectivity index (χ2n) is 8.01. The molecule has 0 radical (unpaired) electrons. The Balaban J connectivity index is 1.50. The highest BCUT2D eigenvalue weighted by atomic mass is 35.5. The second kappa shape index (κ2) is 8.40. The van der Waals surface area contributed by atoms with Gasteiger partial charge >= 0.3 is 0 Å². The SMILES string of the molecule is CC1(C)CN(C(=O)c2cccc(C#N)n2)CCN1C(=O)c1ncn(-c2cccc(Cl)c2)n1. The standard InChI is InChI=1S/C22H20ClN7O2/c1-22(2)13-28(20(31)18-8-4-6-16(12-24)26-18)9-10-29(22)21(32)19-25-14-30(27-19)17-7-3-5-15(23)11-17/h3-8,11,14H,9-10,13H2,1-2H3. The molecule has 1 saturated heterocycles. The number of amides is 2. The Hall–Kier alpha value is -3.77. The van der Waals surface area contributed by atoms with E-state index in [2.05, 4.69) is 15.1 Å². The van der Waals surface area contributed by atoms with Crippen LogP contribution in [0, 0.1) is 11.3 Å². The highest BCUT2D eigenvalue weighted by molar-refractivity contribution is 6.30. The van der Waals surface area contributed by atoms with Crippen molar-refractivity contribution in [2.75, 3.05) is 19.6 Å². The summed E-state index contributed by atoms with van der Waals surface area (Å²) in [6.07, 6.45) is 1.47. The molecule has 9 nitrogen and oxygen atoms in total. The molecule has 162 valence electrons. The number of nitrogens with zero attached hydrogens (tertiary/aromatic N) is 7. The molecule has 32 heavy (non-hydrogen) atoms. The van der Waals surface area contributed by atoms with Crippen molar-refractivity contribution in [2.45, 2.75) is 19.4 Å². The summed E-state index contributed by atoms with van der Waals surface area (Å²) in [6, 6.07) is 13.8. The number of piperazine rings is 1. The van der Waals surface area contributed by atoms with Crippen molar-refractivity contribution in [1.82, 2.24) is 29.5 Å². The topological polar surface area (TPSA) is 108 Å². The maximum atomic E-state index is 13.2. The minimum atomic E-state index is -0.653. The molecule has 1 aromatic carbocycles. The number of rotatable bonds is 3. The van der Waals surface area contributed by atoms with Crippen LogP contribution in [0.25, 0.3) is 5.69 Å². The Labute approximate surface area is 189 Å². The van der Waals surface area contributed by atoms with E-state index in [0.29, 0.717) is 30.3 Å². The van der Waals surface area contributed by atoms with Crippen molar-refractivity contribution >= 4 is 23.4 Å². The van der Waals surface area contributed by atoms with Crippen LogP contribution in [-0.4, -0.2) is 66.5 Å². The van der Waals surface area contributed by atoms with Crippen LogP contribution in [0.4, 0.5) is 0 Å². The quantitative estimate of drug-likeness (QED) is 0.608. The van der Waals surface area contributed by atoms with Crippen LogP contribution in [0.15, 0.2) is 48.8 Å². The van der Waals surface area contributed by atoms with Gasteiger partial charge in [-0.05, 0) is 44.2 Å². The lowest BCUT2D eigenvalue weighted by Crippen LogP contribution is -2.62. The third kappa shape index (κ3) is 4.18. The van der Waals surface area contributed by atoms with Gasteiger partial charge in [0.05, 0.1) is 11.2 Å². The minimum Gasteiger partial charge on any atom is -0.333 e. The summed E-state index contributed by atoms with van der Waals surface area (Å²) >= 11 is 6.03. The third-order valence-electron chi connectivity index (χ3n) is 5.27. The number of benzene rings is 1. The molecule has 1 fully saturated rings. The number of carbonyl (C=O) groups excluding carboxylic acids is 2. The average molecular weight is 450 g/mol. The predicted octanol–water partition coefficient (Wildman–Crippen LogP) is 2.56. The summed E-state index contributed by atoms with van der Waals surface area (Å²) in [5.41, 5.74) is 0.442. The van der Waals surface area contributed by atoms with E-state index in [1.165, 1.54) is 11.0 Å². The van der Waals surface area contributed by atoms with Crippen molar-refractivity contribution in [3.8, 4) is 11.8 Å². The molecule has 0 atom stereocenters. The molecule has 0 bridgehead atoms. The summed E-state index contributed by atoms with van der Waals surface area (Å²) in [5.74, 6) is -0.515. The van der Waals surface area contributed by atoms with Gasteiger partial charge in [-0.25, -0.2) is 14.6 Å². The molecule has 10 heteroatoms. The zero-order valence-corrected chi connectivity index (χ0v) is 18.3. The maximum Gasteiger partial charge on any atom is 0.294 e. The molecule has 3 heterocycles. The molecule has 0 N–H and O–H groups in total. The van der Waals surface area contributed by atoms with E-state index < -0.39 is 5.54 Å². The predicted molar refractivity (Wildman–Crippen MR) is 116 cm³/mol. The smallest absolute Gasteiger partial charge is 0.294 e. The van der Waals surface area contributed by atoms with E-state index in [1.54, 1.807) is 46.2 Å². The molecule has 2 amide bonds. The number of hydrogen-bond donors (Lipinski definition) is 0. The van der Waals surface area contributed by atoms with E-state index >= 15 is 0 Å². The first kappa shape index (κ1) is 21.5. The van der Waals surface area contributed by atoms with Crippen LogP contribution in [-0.2, 0) is 0 Å². The number of nitriles is 1. The van der Waals surface area contributed by atoms with E-state index in [4.69, 9.17) is 16.9 Å². The summed E-state index contributed by atoms with van der Waals surface area (Å²) < 4.78 is 1.50. The van der Waals surface area contributed by atoms with E-state index in [0.717, 1.165) is 0 Å². The Bertz CT molecular complexity index is 1230. The van der Waals surface area contributed by atoms with Crippen LogP contribution in [0.3, 0.4) is 0 Å². The first-order chi connectivity index (χ1) is 15.3. The molecule has 4 rings (SSSR count). The maximum absolute atomic E-state index is 13.2. The van der Waals surface area contributed by atoms with E-state index in [9.17, 15) is 9.59 Å². The van der Waals surface area contributed by atoms with Crippen molar-refractivity contribution in [3.05, 3.63) is 71.0 Å². The van der Waals surface area contributed by atoms with Gasteiger partial charge < -0.3 is 9.80 Å². The fraction of sp³-hybridized carbons (Fsp3) is 0.273. The van der Waals surface area contributed by atoms with Gasteiger partial charge in [0.25, 0.3) is 11.8 Å². The number of carbonyl (C=O) groups is 2. The first-order valence-electron chi connectivity index (χ1n) is 9.94.